The lowest BCUT2D eigenvalue weighted by Gasteiger charge is -2.06. The lowest BCUT2D eigenvalue weighted by Crippen LogP contribution is -2.29. The number of fused-ring (bicyclic) bond motifs is 1. The third kappa shape index (κ3) is 3.63. The second kappa shape index (κ2) is 7.00. The zero-order valence-electron chi connectivity index (χ0n) is 13.0. The number of phenols is 1. The number of hydrogen-bond acceptors (Lipinski definition) is 4. The Balaban J connectivity index is 1.61. The minimum absolute atomic E-state index is 0.00561. The number of carbonyl (C=O) groups excluding carboxylic acids is 1. The Hall–Kier alpha value is -3.08. The predicted octanol–water partition coefficient (Wildman–Crippen LogP) is 2.86. The quantitative estimate of drug-likeness (QED) is 0.559. The van der Waals surface area contributed by atoms with Crippen LogP contribution in [0.15, 0.2) is 63.8 Å². The van der Waals surface area contributed by atoms with Crippen LogP contribution in [0.25, 0.3) is 11.0 Å². The van der Waals surface area contributed by atoms with Crippen molar-refractivity contribution in [3.63, 3.8) is 0 Å². The molecule has 0 saturated carbocycles. The van der Waals surface area contributed by atoms with E-state index in [0.717, 1.165) is 12.0 Å². The van der Waals surface area contributed by atoms with E-state index in [9.17, 15) is 14.7 Å². The van der Waals surface area contributed by atoms with Crippen LogP contribution >= 0.6 is 0 Å². The van der Waals surface area contributed by atoms with Crippen molar-refractivity contribution in [2.24, 2.45) is 0 Å². The molecule has 1 aromatic heterocycles. The van der Waals surface area contributed by atoms with E-state index in [-0.39, 0.29) is 11.3 Å². The molecule has 0 fully saturated rings. The van der Waals surface area contributed by atoms with Crippen molar-refractivity contribution in [3.8, 4) is 5.75 Å². The van der Waals surface area contributed by atoms with E-state index < -0.39 is 11.5 Å². The largest absolute Gasteiger partial charge is 0.508 e. The van der Waals surface area contributed by atoms with Gasteiger partial charge in [-0.1, -0.05) is 30.3 Å². The first-order valence-corrected chi connectivity index (χ1v) is 7.72. The van der Waals surface area contributed by atoms with Gasteiger partial charge in [0, 0.05) is 11.9 Å². The monoisotopic (exact) mass is 323 g/mol. The summed E-state index contributed by atoms with van der Waals surface area (Å²) in [6, 6.07) is 15.6. The van der Waals surface area contributed by atoms with Crippen LogP contribution in [0.2, 0.25) is 0 Å². The fourth-order valence-corrected chi connectivity index (χ4v) is 2.52. The molecule has 1 heterocycles. The maximum atomic E-state index is 12.2. The molecule has 0 spiro atoms. The topological polar surface area (TPSA) is 79.5 Å². The van der Waals surface area contributed by atoms with Crippen molar-refractivity contribution in [3.05, 3.63) is 76.1 Å². The highest BCUT2D eigenvalue weighted by Gasteiger charge is 2.12. The van der Waals surface area contributed by atoms with Crippen LogP contribution in [-0.4, -0.2) is 17.6 Å². The second-order valence-electron chi connectivity index (χ2n) is 5.51. The standard InChI is InChI=1S/C19H17NO4/c21-15-8-3-5-13(11-15)6-4-10-20-18(22)16-12-14-7-1-2-9-17(14)24-19(16)23/h1-3,5,7-9,11-12,21H,4,6,10H2,(H,20,22). The number of nitrogens with one attached hydrogen (secondary N) is 1. The van der Waals surface area contributed by atoms with Crippen LogP contribution < -0.4 is 10.9 Å². The number of carbonyl (C=O) groups is 1. The molecule has 0 radical (unpaired) electrons. The molecule has 2 aromatic carbocycles. The third-order valence-corrected chi connectivity index (χ3v) is 3.72. The molecule has 0 bridgehead atoms. The number of phenolic OH excluding ortho intramolecular Hbond substituents is 1. The zero-order chi connectivity index (χ0) is 16.9. The second-order valence-corrected chi connectivity index (χ2v) is 5.51. The first kappa shape index (κ1) is 15.8. The van der Waals surface area contributed by atoms with Gasteiger partial charge in [0.25, 0.3) is 5.91 Å². The zero-order valence-corrected chi connectivity index (χ0v) is 13.0. The summed E-state index contributed by atoms with van der Waals surface area (Å²) >= 11 is 0. The average Bonchev–Trinajstić information content (AvgIpc) is 2.58. The molecule has 0 aliphatic carbocycles. The highest BCUT2D eigenvalue weighted by atomic mass is 16.4. The van der Waals surface area contributed by atoms with Crippen molar-refractivity contribution in [2.75, 3.05) is 6.54 Å². The molecule has 24 heavy (non-hydrogen) atoms. The number of para-hydroxylation sites is 1. The molecule has 2 N–H and O–H groups in total. The molecule has 0 saturated heterocycles. The maximum Gasteiger partial charge on any atom is 0.349 e. The molecular weight excluding hydrogens is 306 g/mol. The van der Waals surface area contributed by atoms with E-state index in [1.807, 2.05) is 12.1 Å². The molecule has 3 rings (SSSR count). The Morgan fingerprint density at radius 3 is 2.75 bits per heavy atom. The van der Waals surface area contributed by atoms with Crippen LogP contribution in [0.1, 0.15) is 22.3 Å². The van der Waals surface area contributed by atoms with Gasteiger partial charge in [-0.15, -0.1) is 0 Å². The number of amides is 1. The number of hydrogen-bond donors (Lipinski definition) is 2. The smallest absolute Gasteiger partial charge is 0.349 e. The Morgan fingerprint density at radius 1 is 1.08 bits per heavy atom. The van der Waals surface area contributed by atoms with Crippen LogP contribution in [-0.2, 0) is 6.42 Å². The van der Waals surface area contributed by atoms with E-state index in [1.165, 1.54) is 0 Å². The summed E-state index contributed by atoms with van der Waals surface area (Å²) in [7, 11) is 0. The summed E-state index contributed by atoms with van der Waals surface area (Å²) in [5.74, 6) is -0.212. The summed E-state index contributed by atoms with van der Waals surface area (Å²) in [6.07, 6.45) is 1.43. The summed E-state index contributed by atoms with van der Waals surface area (Å²) in [5.41, 5.74) is 0.822. The summed E-state index contributed by atoms with van der Waals surface area (Å²) < 4.78 is 5.16. The van der Waals surface area contributed by atoms with Gasteiger partial charge in [-0.05, 0) is 42.7 Å². The Morgan fingerprint density at radius 2 is 1.92 bits per heavy atom. The van der Waals surface area contributed by atoms with Gasteiger partial charge < -0.3 is 14.8 Å². The van der Waals surface area contributed by atoms with E-state index >= 15 is 0 Å². The third-order valence-electron chi connectivity index (χ3n) is 3.72. The fraction of sp³-hybridized carbons (Fsp3) is 0.158. The van der Waals surface area contributed by atoms with Crippen LogP contribution in [0.5, 0.6) is 5.75 Å². The maximum absolute atomic E-state index is 12.2. The molecule has 0 aliphatic rings. The molecule has 5 nitrogen and oxygen atoms in total. The van der Waals surface area contributed by atoms with Crippen molar-refractivity contribution >= 4 is 16.9 Å². The number of aryl methyl sites for hydroxylation is 1. The van der Waals surface area contributed by atoms with E-state index in [4.69, 9.17) is 4.42 Å². The van der Waals surface area contributed by atoms with Gasteiger partial charge in [-0.2, -0.15) is 0 Å². The van der Waals surface area contributed by atoms with Crippen molar-refractivity contribution in [1.82, 2.24) is 5.32 Å². The molecule has 3 aromatic rings. The van der Waals surface area contributed by atoms with E-state index in [1.54, 1.807) is 42.5 Å². The lowest BCUT2D eigenvalue weighted by atomic mass is 10.1. The highest BCUT2D eigenvalue weighted by molar-refractivity contribution is 5.96. The molecule has 1 amide bonds. The first-order valence-electron chi connectivity index (χ1n) is 7.72. The minimum atomic E-state index is -0.640. The lowest BCUT2D eigenvalue weighted by molar-refractivity contribution is 0.0949. The summed E-state index contributed by atoms with van der Waals surface area (Å²) in [5, 5.41) is 12.8. The van der Waals surface area contributed by atoms with E-state index in [2.05, 4.69) is 5.32 Å². The van der Waals surface area contributed by atoms with Gasteiger partial charge in [0.1, 0.15) is 16.9 Å². The summed E-state index contributed by atoms with van der Waals surface area (Å²) in [4.78, 5) is 24.1. The van der Waals surface area contributed by atoms with Crippen molar-refractivity contribution in [2.45, 2.75) is 12.8 Å². The average molecular weight is 323 g/mol. The molecule has 122 valence electrons. The van der Waals surface area contributed by atoms with Crippen LogP contribution in [0, 0.1) is 0 Å². The van der Waals surface area contributed by atoms with Gasteiger partial charge in [-0.3, -0.25) is 4.79 Å². The molecule has 0 atom stereocenters. The number of rotatable bonds is 5. The van der Waals surface area contributed by atoms with Gasteiger partial charge in [0.2, 0.25) is 0 Å². The Bertz CT molecular complexity index is 930. The molecular formula is C19H17NO4. The minimum Gasteiger partial charge on any atom is -0.508 e. The van der Waals surface area contributed by atoms with Crippen molar-refractivity contribution < 1.29 is 14.3 Å². The van der Waals surface area contributed by atoms with Gasteiger partial charge in [0.15, 0.2) is 0 Å². The van der Waals surface area contributed by atoms with Crippen molar-refractivity contribution in [1.29, 1.82) is 0 Å². The van der Waals surface area contributed by atoms with E-state index in [0.29, 0.717) is 23.9 Å². The normalized spacial score (nSPS) is 10.7. The van der Waals surface area contributed by atoms with Gasteiger partial charge in [-0.25, -0.2) is 4.79 Å². The Labute approximate surface area is 138 Å². The number of benzene rings is 2. The van der Waals surface area contributed by atoms with Gasteiger partial charge in [0.05, 0.1) is 0 Å². The molecule has 5 heteroatoms. The molecule has 0 aliphatic heterocycles. The molecule has 0 unspecified atom stereocenters. The summed E-state index contributed by atoms with van der Waals surface area (Å²) in [6.45, 7) is 0.431. The Kier molecular flexibility index (Phi) is 4.61. The highest BCUT2D eigenvalue weighted by Crippen LogP contribution is 2.13. The number of aromatic hydroxyl groups is 1. The predicted molar refractivity (Wildman–Crippen MR) is 91.2 cm³/mol. The fourth-order valence-electron chi connectivity index (χ4n) is 2.52. The first-order chi connectivity index (χ1) is 11.6. The van der Waals surface area contributed by atoms with Crippen LogP contribution in [0.4, 0.5) is 0 Å². The van der Waals surface area contributed by atoms with Crippen LogP contribution in [0.3, 0.4) is 0 Å². The van der Waals surface area contributed by atoms with Gasteiger partial charge >= 0.3 is 5.63 Å². The SMILES string of the molecule is O=C(NCCCc1cccc(O)c1)c1cc2ccccc2oc1=O.